The number of nitrogens with two attached hydrogens (primary N) is 1. The van der Waals surface area contributed by atoms with Crippen LogP contribution >= 0.6 is 0 Å². The fourth-order valence-corrected chi connectivity index (χ4v) is 3.92. The third kappa shape index (κ3) is 4.43. The molecule has 3 N–H and O–H groups in total. The number of nitrogens with one attached hydrogen (secondary N) is 1. The van der Waals surface area contributed by atoms with Gasteiger partial charge in [-0.2, -0.15) is 0 Å². The molecule has 0 radical (unpaired) electrons. The van der Waals surface area contributed by atoms with Gasteiger partial charge in [0.2, 0.25) is 5.91 Å². The van der Waals surface area contributed by atoms with Crippen LogP contribution in [-0.2, 0) is 20.7 Å². The summed E-state index contributed by atoms with van der Waals surface area (Å²) in [6.45, 7) is 3.28. The number of rotatable bonds is 6. The molecule has 1 saturated heterocycles. The summed E-state index contributed by atoms with van der Waals surface area (Å²) in [4.78, 5) is 43.0. The summed E-state index contributed by atoms with van der Waals surface area (Å²) in [6.07, 6.45) is -2.11. The number of aromatic nitrogens is 1. The van der Waals surface area contributed by atoms with Gasteiger partial charge in [0.1, 0.15) is 5.82 Å². The highest BCUT2D eigenvalue weighted by Crippen LogP contribution is 2.42. The zero-order chi connectivity index (χ0) is 24.6. The average Bonchev–Trinajstić information content (AvgIpc) is 3.08. The SMILES string of the molecule is CCOC(=O)[C@@H]1[C@@H](Cc2ccnc(N)c2)C(=O)N1C(=O)N[C@@H](C)c1ccc2c(c1)OC(F)(F)O2. The zero-order valence-electron chi connectivity index (χ0n) is 18.3. The zero-order valence-corrected chi connectivity index (χ0v) is 18.3. The number of carbonyl (C=O) groups is 3. The molecule has 0 saturated carbocycles. The molecule has 3 amide bonds. The van der Waals surface area contributed by atoms with Crippen LogP contribution in [-0.4, -0.2) is 46.7 Å². The Morgan fingerprint density at radius 2 is 2.00 bits per heavy atom. The van der Waals surface area contributed by atoms with Crippen LogP contribution in [0.4, 0.5) is 19.4 Å². The van der Waals surface area contributed by atoms with Gasteiger partial charge in [-0.25, -0.2) is 19.5 Å². The lowest BCUT2D eigenvalue weighted by atomic mass is 9.82. The number of fused-ring (bicyclic) bond motifs is 1. The minimum Gasteiger partial charge on any atom is -0.464 e. The number of β-lactam (4-membered cyclic amide) rings is 1. The largest absolute Gasteiger partial charge is 0.586 e. The minimum absolute atomic E-state index is 0.0755. The third-order valence-electron chi connectivity index (χ3n) is 5.53. The lowest BCUT2D eigenvalue weighted by Crippen LogP contribution is -2.69. The molecule has 1 aromatic heterocycles. The van der Waals surface area contributed by atoms with Crippen LogP contribution in [0.25, 0.3) is 0 Å². The number of hydrogen-bond acceptors (Lipinski definition) is 8. The maximum absolute atomic E-state index is 13.3. The molecule has 4 rings (SSSR count). The summed E-state index contributed by atoms with van der Waals surface area (Å²) in [7, 11) is 0. The van der Waals surface area contributed by atoms with Gasteiger partial charge in [-0.3, -0.25) is 4.79 Å². The number of urea groups is 1. The molecule has 2 aliphatic rings. The first kappa shape index (κ1) is 23.2. The van der Waals surface area contributed by atoms with E-state index in [0.717, 1.165) is 4.90 Å². The number of esters is 1. The number of ether oxygens (including phenoxy) is 3. The molecular weight excluding hydrogens is 454 g/mol. The molecule has 12 heteroatoms. The minimum atomic E-state index is -3.77. The molecule has 10 nitrogen and oxygen atoms in total. The average molecular weight is 476 g/mol. The molecule has 3 heterocycles. The summed E-state index contributed by atoms with van der Waals surface area (Å²) < 4.78 is 40.4. The van der Waals surface area contributed by atoms with E-state index in [0.29, 0.717) is 11.1 Å². The summed E-state index contributed by atoms with van der Waals surface area (Å²) in [6, 6.07) is 4.69. The van der Waals surface area contributed by atoms with E-state index in [2.05, 4.69) is 19.8 Å². The number of imide groups is 1. The Labute approximate surface area is 193 Å². The lowest BCUT2D eigenvalue weighted by Gasteiger charge is -2.44. The van der Waals surface area contributed by atoms with Crippen molar-refractivity contribution in [1.82, 2.24) is 15.2 Å². The van der Waals surface area contributed by atoms with Crippen molar-refractivity contribution in [3.63, 3.8) is 0 Å². The van der Waals surface area contributed by atoms with Gasteiger partial charge in [-0.1, -0.05) is 6.07 Å². The predicted molar refractivity (Wildman–Crippen MR) is 113 cm³/mol. The Morgan fingerprint density at radius 1 is 1.26 bits per heavy atom. The van der Waals surface area contributed by atoms with E-state index >= 15 is 0 Å². The van der Waals surface area contributed by atoms with Gasteiger partial charge in [0.25, 0.3) is 0 Å². The highest BCUT2D eigenvalue weighted by molar-refractivity contribution is 6.08. The molecule has 1 aromatic carbocycles. The quantitative estimate of drug-likeness (QED) is 0.480. The van der Waals surface area contributed by atoms with Crippen molar-refractivity contribution in [3.8, 4) is 11.5 Å². The van der Waals surface area contributed by atoms with Crippen molar-refractivity contribution >= 4 is 23.7 Å². The smallest absolute Gasteiger partial charge is 0.464 e. The topological polar surface area (TPSA) is 133 Å². The molecule has 0 unspecified atom stereocenters. The molecular formula is C22H22F2N4O6. The van der Waals surface area contributed by atoms with Gasteiger partial charge in [-0.05, 0) is 55.7 Å². The number of alkyl halides is 2. The number of hydrogen-bond donors (Lipinski definition) is 2. The molecule has 2 aromatic rings. The van der Waals surface area contributed by atoms with Crippen molar-refractivity contribution in [2.24, 2.45) is 5.92 Å². The molecule has 1 fully saturated rings. The second kappa shape index (κ2) is 8.76. The Morgan fingerprint density at radius 3 is 2.71 bits per heavy atom. The Balaban J connectivity index is 1.48. The molecule has 0 spiro atoms. The van der Waals surface area contributed by atoms with E-state index in [1.807, 2.05) is 0 Å². The number of benzene rings is 1. The van der Waals surface area contributed by atoms with E-state index in [1.54, 1.807) is 26.0 Å². The van der Waals surface area contributed by atoms with Crippen molar-refractivity contribution in [3.05, 3.63) is 47.7 Å². The summed E-state index contributed by atoms with van der Waals surface area (Å²) in [5, 5.41) is 2.61. The van der Waals surface area contributed by atoms with Crippen LogP contribution in [0.15, 0.2) is 36.5 Å². The number of pyridine rings is 1. The number of carbonyl (C=O) groups excluding carboxylic acids is 3. The van der Waals surface area contributed by atoms with Crippen LogP contribution in [0.2, 0.25) is 0 Å². The Bertz CT molecular complexity index is 1140. The van der Waals surface area contributed by atoms with Crippen molar-refractivity contribution in [1.29, 1.82) is 0 Å². The van der Waals surface area contributed by atoms with Gasteiger partial charge in [0.15, 0.2) is 17.5 Å². The van der Waals surface area contributed by atoms with Crippen LogP contribution in [0.1, 0.15) is 31.0 Å². The normalized spacial score (nSPS) is 20.9. The number of halogens is 2. The lowest BCUT2D eigenvalue weighted by molar-refractivity contribution is -0.286. The van der Waals surface area contributed by atoms with Crippen LogP contribution in [0.3, 0.4) is 0 Å². The van der Waals surface area contributed by atoms with Crippen LogP contribution in [0.5, 0.6) is 11.5 Å². The monoisotopic (exact) mass is 476 g/mol. The number of nitrogen functional groups attached to an aromatic ring is 1. The standard InChI is InChI=1S/C22H22F2N4O6/c1-3-32-20(30)18-14(8-12-6-7-26-17(25)9-12)19(29)28(18)21(31)27-11(2)13-4-5-15-16(10-13)34-22(23,24)33-15/h4-7,9-11,14,18H,3,8H2,1-2H3,(H2,25,26)(H,27,31)/t11-,14+,18-/m0/s1. The maximum atomic E-state index is 13.3. The number of nitrogens with zero attached hydrogens (tertiary/aromatic N) is 2. The highest BCUT2D eigenvalue weighted by atomic mass is 19.3. The van der Waals surface area contributed by atoms with Gasteiger partial charge < -0.3 is 25.3 Å². The second-order valence-corrected chi connectivity index (χ2v) is 7.85. The van der Waals surface area contributed by atoms with Crippen LogP contribution in [0, 0.1) is 5.92 Å². The first-order valence-electron chi connectivity index (χ1n) is 10.5. The predicted octanol–water partition coefficient (Wildman–Crippen LogP) is 2.39. The van der Waals surface area contributed by atoms with E-state index in [1.165, 1.54) is 24.4 Å². The highest BCUT2D eigenvalue weighted by Gasteiger charge is 2.55. The number of anilines is 1. The van der Waals surface area contributed by atoms with E-state index in [9.17, 15) is 23.2 Å². The molecule has 2 aliphatic heterocycles. The van der Waals surface area contributed by atoms with Gasteiger partial charge in [0, 0.05) is 6.20 Å². The van der Waals surface area contributed by atoms with Gasteiger partial charge in [-0.15, -0.1) is 8.78 Å². The summed E-state index contributed by atoms with van der Waals surface area (Å²) >= 11 is 0. The van der Waals surface area contributed by atoms with E-state index in [-0.39, 0.29) is 30.3 Å². The number of likely N-dealkylation sites (tertiary alicyclic amines) is 1. The summed E-state index contributed by atoms with van der Waals surface area (Å²) in [5.74, 6) is -2.11. The van der Waals surface area contributed by atoms with E-state index in [4.69, 9.17) is 10.5 Å². The van der Waals surface area contributed by atoms with Crippen molar-refractivity contribution in [2.45, 2.75) is 38.6 Å². The Kier molecular flexibility index (Phi) is 5.98. The molecule has 180 valence electrons. The third-order valence-corrected chi connectivity index (χ3v) is 5.53. The maximum Gasteiger partial charge on any atom is 0.586 e. The van der Waals surface area contributed by atoms with Crippen molar-refractivity contribution < 1.29 is 37.4 Å². The molecule has 34 heavy (non-hydrogen) atoms. The first-order valence-corrected chi connectivity index (χ1v) is 10.5. The van der Waals surface area contributed by atoms with Gasteiger partial charge in [0.05, 0.1) is 18.6 Å². The Hall–Kier alpha value is -3.96. The molecule has 0 bridgehead atoms. The fraction of sp³-hybridized carbons (Fsp3) is 0.364. The number of amides is 3. The fourth-order valence-electron chi connectivity index (χ4n) is 3.92. The summed E-state index contributed by atoms with van der Waals surface area (Å²) in [5.41, 5.74) is 6.80. The first-order chi connectivity index (χ1) is 16.1. The van der Waals surface area contributed by atoms with Crippen LogP contribution < -0.4 is 20.5 Å². The van der Waals surface area contributed by atoms with E-state index < -0.39 is 42.2 Å². The molecule has 0 aliphatic carbocycles. The van der Waals surface area contributed by atoms with Crippen molar-refractivity contribution in [2.75, 3.05) is 12.3 Å². The second-order valence-electron chi connectivity index (χ2n) is 7.85. The molecule has 3 atom stereocenters. The van der Waals surface area contributed by atoms with Gasteiger partial charge >= 0.3 is 18.3 Å².